The number of thiophene rings is 1. The highest BCUT2D eigenvalue weighted by Crippen LogP contribution is 2.31. The third kappa shape index (κ3) is 3.79. The smallest absolute Gasteiger partial charge is 0.206 e. The van der Waals surface area contributed by atoms with Crippen molar-refractivity contribution in [1.82, 2.24) is 4.31 Å². The zero-order chi connectivity index (χ0) is 13.8. The van der Waals surface area contributed by atoms with Gasteiger partial charge in [0.05, 0.1) is 0 Å². The zero-order valence-electron chi connectivity index (χ0n) is 11.0. The summed E-state index contributed by atoms with van der Waals surface area (Å²) in [6.45, 7) is 6.55. The van der Waals surface area contributed by atoms with E-state index in [1.807, 2.05) is 13.8 Å². The monoisotopic (exact) mass is 353 g/mol. The van der Waals surface area contributed by atoms with Crippen LogP contribution in [0.15, 0.2) is 20.1 Å². The lowest BCUT2D eigenvalue weighted by molar-refractivity contribution is 0.346. The van der Waals surface area contributed by atoms with Gasteiger partial charge in [-0.05, 0) is 47.6 Å². The second kappa shape index (κ2) is 7.03. The molecule has 0 aliphatic heterocycles. The molecule has 0 aliphatic carbocycles. The van der Waals surface area contributed by atoms with Crippen molar-refractivity contribution in [2.45, 2.75) is 50.3 Å². The Bertz CT molecular complexity index is 468. The molecule has 0 N–H and O–H groups in total. The van der Waals surface area contributed by atoms with E-state index in [2.05, 4.69) is 22.9 Å². The molecular formula is C12H20BrNO2S2. The van der Waals surface area contributed by atoms with Crippen LogP contribution in [0.3, 0.4) is 0 Å². The molecule has 1 rings (SSSR count). The summed E-state index contributed by atoms with van der Waals surface area (Å²) >= 11 is 4.57. The summed E-state index contributed by atoms with van der Waals surface area (Å²) in [6.07, 6.45) is 3.07. The van der Waals surface area contributed by atoms with Gasteiger partial charge in [-0.1, -0.05) is 19.8 Å². The summed E-state index contributed by atoms with van der Waals surface area (Å²) in [5, 5.41) is 1.79. The minimum Gasteiger partial charge on any atom is -0.206 e. The van der Waals surface area contributed by atoms with Gasteiger partial charge in [0, 0.05) is 17.1 Å². The molecule has 0 saturated carbocycles. The predicted molar refractivity (Wildman–Crippen MR) is 80.6 cm³/mol. The van der Waals surface area contributed by atoms with E-state index in [1.165, 1.54) is 11.3 Å². The molecule has 18 heavy (non-hydrogen) atoms. The number of hydrogen-bond acceptors (Lipinski definition) is 3. The van der Waals surface area contributed by atoms with E-state index >= 15 is 0 Å². The van der Waals surface area contributed by atoms with E-state index in [0.29, 0.717) is 15.2 Å². The Morgan fingerprint density at radius 2 is 2.06 bits per heavy atom. The highest BCUT2D eigenvalue weighted by molar-refractivity contribution is 9.10. The van der Waals surface area contributed by atoms with Crippen molar-refractivity contribution in [3.63, 3.8) is 0 Å². The van der Waals surface area contributed by atoms with E-state index in [0.717, 1.165) is 19.3 Å². The van der Waals surface area contributed by atoms with E-state index in [4.69, 9.17) is 0 Å². The van der Waals surface area contributed by atoms with Gasteiger partial charge in [0.25, 0.3) is 10.0 Å². The molecule has 0 atom stereocenters. The van der Waals surface area contributed by atoms with Gasteiger partial charge in [-0.2, -0.15) is 4.31 Å². The molecule has 0 unspecified atom stereocenters. The van der Waals surface area contributed by atoms with Gasteiger partial charge in [-0.15, -0.1) is 11.3 Å². The van der Waals surface area contributed by atoms with E-state index < -0.39 is 10.0 Å². The standard InChI is InChI=1S/C12H20BrNO2S2/c1-4-5-6-8-14(10(2)3)18(15,16)12-11(13)7-9-17-12/h7,9-10H,4-6,8H2,1-3H3. The van der Waals surface area contributed by atoms with Crippen LogP contribution in [-0.4, -0.2) is 25.3 Å². The van der Waals surface area contributed by atoms with Crippen molar-refractivity contribution in [3.8, 4) is 0 Å². The lowest BCUT2D eigenvalue weighted by Gasteiger charge is -2.25. The van der Waals surface area contributed by atoms with Gasteiger partial charge < -0.3 is 0 Å². The lowest BCUT2D eigenvalue weighted by Crippen LogP contribution is -2.37. The minimum atomic E-state index is -3.36. The highest BCUT2D eigenvalue weighted by atomic mass is 79.9. The first-order valence-electron chi connectivity index (χ1n) is 6.16. The van der Waals surface area contributed by atoms with Gasteiger partial charge in [0.2, 0.25) is 0 Å². The maximum Gasteiger partial charge on any atom is 0.253 e. The molecular weight excluding hydrogens is 334 g/mol. The van der Waals surface area contributed by atoms with Crippen LogP contribution in [0.5, 0.6) is 0 Å². The molecule has 1 heterocycles. The number of halogens is 1. The topological polar surface area (TPSA) is 37.4 Å². The second-order valence-electron chi connectivity index (χ2n) is 4.47. The van der Waals surface area contributed by atoms with Gasteiger partial charge in [0.15, 0.2) is 0 Å². The van der Waals surface area contributed by atoms with Crippen molar-refractivity contribution in [2.75, 3.05) is 6.54 Å². The Balaban J connectivity index is 2.95. The van der Waals surface area contributed by atoms with E-state index in [-0.39, 0.29) is 6.04 Å². The fraction of sp³-hybridized carbons (Fsp3) is 0.667. The Kier molecular flexibility index (Phi) is 6.30. The molecule has 104 valence electrons. The summed E-state index contributed by atoms with van der Waals surface area (Å²) < 4.78 is 27.8. The molecule has 0 saturated heterocycles. The number of hydrogen-bond donors (Lipinski definition) is 0. The van der Waals surface area contributed by atoms with E-state index in [1.54, 1.807) is 15.8 Å². The Hall–Kier alpha value is 0.0900. The average molecular weight is 354 g/mol. The number of unbranched alkanes of at least 4 members (excludes halogenated alkanes) is 2. The van der Waals surface area contributed by atoms with Gasteiger partial charge in [-0.3, -0.25) is 0 Å². The molecule has 0 aromatic carbocycles. The Morgan fingerprint density at radius 1 is 1.39 bits per heavy atom. The predicted octanol–water partition coefficient (Wildman–Crippen LogP) is 4.10. The largest absolute Gasteiger partial charge is 0.253 e. The van der Waals surface area contributed by atoms with Crippen molar-refractivity contribution in [3.05, 3.63) is 15.9 Å². The summed E-state index contributed by atoms with van der Waals surface area (Å²) in [6, 6.07) is 1.77. The fourth-order valence-corrected chi connectivity index (χ4v) is 5.85. The molecule has 0 radical (unpaired) electrons. The molecule has 6 heteroatoms. The van der Waals surface area contributed by atoms with Crippen molar-refractivity contribution in [2.24, 2.45) is 0 Å². The first kappa shape index (κ1) is 16.1. The van der Waals surface area contributed by atoms with Crippen molar-refractivity contribution in [1.29, 1.82) is 0 Å². The molecule has 0 fully saturated rings. The summed E-state index contributed by atoms with van der Waals surface area (Å²) in [5.41, 5.74) is 0. The molecule has 1 aromatic rings. The first-order valence-corrected chi connectivity index (χ1v) is 9.27. The Morgan fingerprint density at radius 3 is 2.50 bits per heavy atom. The average Bonchev–Trinajstić information content (AvgIpc) is 2.70. The Labute approximate surface area is 122 Å². The van der Waals surface area contributed by atoms with Crippen LogP contribution < -0.4 is 0 Å². The van der Waals surface area contributed by atoms with Crippen LogP contribution in [-0.2, 0) is 10.0 Å². The number of rotatable bonds is 7. The zero-order valence-corrected chi connectivity index (χ0v) is 14.2. The molecule has 0 spiro atoms. The van der Waals surface area contributed by atoms with Crippen LogP contribution in [0.2, 0.25) is 0 Å². The minimum absolute atomic E-state index is 0.0131. The van der Waals surface area contributed by atoms with E-state index in [9.17, 15) is 8.42 Å². The van der Waals surface area contributed by atoms with Crippen LogP contribution in [0.1, 0.15) is 40.0 Å². The SMILES string of the molecule is CCCCCN(C(C)C)S(=O)(=O)c1sccc1Br. The normalized spacial score (nSPS) is 12.6. The summed E-state index contributed by atoms with van der Waals surface area (Å²) in [7, 11) is -3.36. The maximum absolute atomic E-state index is 12.6. The third-order valence-electron chi connectivity index (χ3n) is 2.69. The lowest BCUT2D eigenvalue weighted by atomic mass is 10.2. The number of sulfonamides is 1. The molecule has 0 aliphatic rings. The maximum atomic E-state index is 12.6. The molecule has 3 nitrogen and oxygen atoms in total. The van der Waals surface area contributed by atoms with Crippen molar-refractivity contribution >= 4 is 37.3 Å². The van der Waals surface area contributed by atoms with Crippen molar-refractivity contribution < 1.29 is 8.42 Å². The first-order chi connectivity index (χ1) is 8.41. The van der Waals surface area contributed by atoms with Gasteiger partial charge in [-0.25, -0.2) is 8.42 Å². The van der Waals surface area contributed by atoms with Gasteiger partial charge in [0.1, 0.15) is 4.21 Å². The highest BCUT2D eigenvalue weighted by Gasteiger charge is 2.29. The van der Waals surface area contributed by atoms with Crippen LogP contribution in [0.4, 0.5) is 0 Å². The van der Waals surface area contributed by atoms with Gasteiger partial charge >= 0.3 is 0 Å². The van der Waals surface area contributed by atoms with Crippen LogP contribution >= 0.6 is 27.3 Å². The third-order valence-corrected chi connectivity index (χ3v) is 7.41. The molecule has 0 bridgehead atoms. The summed E-state index contributed by atoms with van der Waals surface area (Å²) in [4.78, 5) is 0. The second-order valence-corrected chi connectivity index (χ2v) is 8.33. The summed E-state index contributed by atoms with van der Waals surface area (Å²) in [5.74, 6) is 0. The quantitative estimate of drug-likeness (QED) is 0.692. The molecule has 1 aromatic heterocycles. The van der Waals surface area contributed by atoms with Crippen LogP contribution in [0.25, 0.3) is 0 Å². The number of nitrogens with zero attached hydrogens (tertiary/aromatic N) is 1. The fourth-order valence-electron chi connectivity index (χ4n) is 1.74. The molecule has 0 amide bonds. The van der Waals surface area contributed by atoms with Crippen LogP contribution in [0, 0.1) is 0 Å².